The van der Waals surface area contributed by atoms with Crippen molar-refractivity contribution in [2.75, 3.05) is 25.0 Å². The lowest BCUT2D eigenvalue weighted by Crippen LogP contribution is -2.38. The van der Waals surface area contributed by atoms with Crippen molar-refractivity contribution in [3.63, 3.8) is 0 Å². The van der Waals surface area contributed by atoms with Gasteiger partial charge in [0.2, 0.25) is 5.91 Å². The number of benzene rings is 1. The van der Waals surface area contributed by atoms with Crippen LogP contribution in [0.3, 0.4) is 0 Å². The van der Waals surface area contributed by atoms with E-state index in [4.69, 9.17) is 0 Å². The number of alkyl halides is 3. The van der Waals surface area contributed by atoms with Crippen molar-refractivity contribution >= 4 is 29.3 Å². The van der Waals surface area contributed by atoms with E-state index in [1.54, 1.807) is 36.7 Å². The van der Waals surface area contributed by atoms with Gasteiger partial charge in [-0.2, -0.15) is 0 Å². The van der Waals surface area contributed by atoms with Gasteiger partial charge in [0.1, 0.15) is 16.1 Å². The van der Waals surface area contributed by atoms with Crippen molar-refractivity contribution in [3.8, 4) is 5.75 Å². The first-order valence-electron chi connectivity index (χ1n) is 11.4. The highest BCUT2D eigenvalue weighted by Gasteiger charge is 2.31. The smallest absolute Gasteiger partial charge is 0.406 e. The maximum Gasteiger partial charge on any atom is 0.573 e. The number of hydrogen-bond acceptors (Lipinski definition) is 7. The second-order valence-corrected chi connectivity index (χ2v) is 8.78. The summed E-state index contributed by atoms with van der Waals surface area (Å²) in [5.41, 5.74) is 1.28. The van der Waals surface area contributed by atoms with E-state index in [0.717, 1.165) is 30.8 Å². The third kappa shape index (κ3) is 8.76. The zero-order chi connectivity index (χ0) is 26.8. The Morgan fingerprint density at radius 1 is 1.03 bits per heavy atom. The normalized spacial score (nSPS) is 12.2. The molecule has 0 saturated carbocycles. The molecule has 3 rings (SSSR count). The Bertz CT molecular complexity index is 1180. The number of carbonyl (C=O) groups is 2. The molecule has 0 aliphatic rings. The first-order valence-corrected chi connectivity index (χ1v) is 12.3. The molecule has 1 atom stereocenters. The lowest BCUT2D eigenvalue weighted by atomic mass is 10.2. The number of anilines is 1. The van der Waals surface area contributed by atoms with Gasteiger partial charge in [-0.1, -0.05) is 25.6 Å². The van der Waals surface area contributed by atoms with Crippen molar-refractivity contribution < 1.29 is 27.5 Å². The average Bonchev–Trinajstić information content (AvgIpc) is 2.88. The molecule has 2 heterocycles. The Labute approximate surface area is 216 Å². The third-order valence-corrected chi connectivity index (χ3v) is 6.33. The Morgan fingerprint density at radius 2 is 1.70 bits per heavy atom. The zero-order valence-electron chi connectivity index (χ0n) is 20.2. The molecular weight excluding hydrogens is 507 g/mol. The number of rotatable bonds is 11. The van der Waals surface area contributed by atoms with E-state index in [2.05, 4.69) is 25.3 Å². The molecule has 8 nitrogen and oxygen atoms in total. The molecule has 0 aliphatic heterocycles. The second kappa shape index (κ2) is 13.1. The molecule has 2 aromatic heterocycles. The molecule has 0 saturated heterocycles. The molecule has 0 bridgehead atoms. The summed E-state index contributed by atoms with van der Waals surface area (Å²) in [5, 5.41) is 5.46. The predicted octanol–water partition coefficient (Wildman–Crippen LogP) is 4.88. The number of halogens is 3. The molecule has 37 heavy (non-hydrogen) atoms. The van der Waals surface area contributed by atoms with Gasteiger partial charge in [-0.15, -0.1) is 13.2 Å². The highest BCUT2D eigenvalue weighted by molar-refractivity contribution is 7.99. The van der Waals surface area contributed by atoms with Gasteiger partial charge in [-0.25, -0.2) is 4.98 Å². The lowest BCUT2D eigenvalue weighted by molar-refractivity contribution is -0.274. The van der Waals surface area contributed by atoms with Crippen LogP contribution in [-0.2, 0) is 4.79 Å². The molecule has 12 heteroatoms. The van der Waals surface area contributed by atoms with Gasteiger partial charge in [-0.05, 0) is 67.2 Å². The van der Waals surface area contributed by atoms with E-state index in [1.165, 1.54) is 30.1 Å². The van der Waals surface area contributed by atoms with E-state index in [-0.39, 0.29) is 23.7 Å². The van der Waals surface area contributed by atoms with Crippen LogP contribution in [0.2, 0.25) is 0 Å². The van der Waals surface area contributed by atoms with E-state index in [1.807, 2.05) is 18.7 Å². The molecular formula is C25H26F3N5O3S. The number of ether oxygens (including phenoxy) is 1. The molecule has 0 spiro atoms. The van der Waals surface area contributed by atoms with Crippen LogP contribution in [0.4, 0.5) is 18.9 Å². The highest BCUT2D eigenvalue weighted by Crippen LogP contribution is 2.34. The monoisotopic (exact) mass is 533 g/mol. The van der Waals surface area contributed by atoms with Crippen LogP contribution in [0.5, 0.6) is 5.75 Å². The fraction of sp³-hybridized carbons (Fsp3) is 0.280. The fourth-order valence-electron chi connectivity index (χ4n) is 3.27. The Hall–Kier alpha value is -3.64. The number of carbonyl (C=O) groups excluding carboxylic acids is 2. The van der Waals surface area contributed by atoms with Crippen molar-refractivity contribution in [3.05, 3.63) is 78.2 Å². The largest absolute Gasteiger partial charge is 0.573 e. The molecule has 0 aliphatic carbocycles. The van der Waals surface area contributed by atoms with Crippen molar-refractivity contribution in [1.82, 2.24) is 20.2 Å². The van der Waals surface area contributed by atoms with E-state index in [0.29, 0.717) is 5.03 Å². The minimum Gasteiger partial charge on any atom is -0.406 e. The molecule has 1 unspecified atom stereocenters. The molecule has 2 N–H and O–H groups in total. The van der Waals surface area contributed by atoms with Crippen LogP contribution in [0.1, 0.15) is 35.1 Å². The van der Waals surface area contributed by atoms with Crippen LogP contribution in [0, 0.1) is 0 Å². The minimum absolute atomic E-state index is 0.180. The maximum absolute atomic E-state index is 13.0. The van der Waals surface area contributed by atoms with Crippen molar-refractivity contribution in [2.45, 2.75) is 30.6 Å². The summed E-state index contributed by atoms with van der Waals surface area (Å²) in [6.07, 6.45) is -0.0578. The van der Waals surface area contributed by atoms with Gasteiger partial charge < -0.3 is 15.4 Å². The zero-order valence-corrected chi connectivity index (χ0v) is 21.0. The molecule has 2 amide bonds. The summed E-state index contributed by atoms with van der Waals surface area (Å²) in [5.74, 6) is -1.09. The van der Waals surface area contributed by atoms with Gasteiger partial charge in [0.05, 0.1) is 12.1 Å². The molecule has 3 aromatic rings. The standard InChI is InChI=1S/C25H26F3N5O3S/c1-3-33(4-2)16-21(34)32-23(17-11-14-29-15-12-17)37-24-20(6-5-13-30-24)22(35)31-18-7-9-19(10-8-18)36-25(26,27)28/h5-15,23H,3-4,16H2,1-2H3,(H,31,35)(H,32,34). The topological polar surface area (TPSA) is 96.5 Å². The first-order chi connectivity index (χ1) is 17.7. The Morgan fingerprint density at radius 3 is 2.32 bits per heavy atom. The summed E-state index contributed by atoms with van der Waals surface area (Å²) < 4.78 is 41.0. The molecule has 196 valence electrons. The van der Waals surface area contributed by atoms with Crippen LogP contribution < -0.4 is 15.4 Å². The van der Waals surface area contributed by atoms with Crippen molar-refractivity contribution in [2.24, 2.45) is 0 Å². The van der Waals surface area contributed by atoms with E-state index in [9.17, 15) is 22.8 Å². The van der Waals surface area contributed by atoms with Crippen LogP contribution in [-0.4, -0.2) is 52.7 Å². The van der Waals surface area contributed by atoms with Crippen molar-refractivity contribution in [1.29, 1.82) is 0 Å². The molecule has 0 radical (unpaired) electrons. The van der Waals surface area contributed by atoms with Gasteiger partial charge in [0.25, 0.3) is 5.91 Å². The van der Waals surface area contributed by atoms with Gasteiger partial charge in [0, 0.05) is 24.3 Å². The summed E-state index contributed by atoms with van der Waals surface area (Å²) in [6.45, 7) is 5.62. The number of hydrogen-bond donors (Lipinski definition) is 2. The van der Waals surface area contributed by atoms with Gasteiger partial charge >= 0.3 is 6.36 Å². The predicted molar refractivity (Wildman–Crippen MR) is 134 cm³/mol. The lowest BCUT2D eigenvalue weighted by Gasteiger charge is -2.22. The second-order valence-electron chi connectivity index (χ2n) is 7.69. The number of thioether (sulfide) groups is 1. The first kappa shape index (κ1) is 27.9. The number of amides is 2. The quantitative estimate of drug-likeness (QED) is 0.268. The summed E-state index contributed by atoms with van der Waals surface area (Å²) in [4.78, 5) is 36.1. The highest BCUT2D eigenvalue weighted by atomic mass is 32.2. The SMILES string of the molecule is CCN(CC)CC(=O)NC(Sc1ncccc1C(=O)Nc1ccc(OC(F)(F)F)cc1)c1ccncc1. The van der Waals surface area contributed by atoms with Crippen LogP contribution in [0.15, 0.2) is 72.1 Å². The molecule has 1 aromatic carbocycles. The summed E-state index contributed by atoms with van der Waals surface area (Å²) in [7, 11) is 0. The maximum atomic E-state index is 13.0. The number of pyridine rings is 2. The Balaban J connectivity index is 1.78. The summed E-state index contributed by atoms with van der Waals surface area (Å²) >= 11 is 1.19. The minimum atomic E-state index is -4.81. The summed E-state index contributed by atoms with van der Waals surface area (Å²) in [6, 6.07) is 11.5. The van der Waals surface area contributed by atoms with E-state index < -0.39 is 23.4 Å². The van der Waals surface area contributed by atoms with Crippen LogP contribution in [0.25, 0.3) is 0 Å². The molecule has 0 fully saturated rings. The number of aromatic nitrogens is 2. The van der Waals surface area contributed by atoms with Crippen LogP contribution >= 0.6 is 11.8 Å². The van der Waals surface area contributed by atoms with E-state index >= 15 is 0 Å². The van der Waals surface area contributed by atoms with Gasteiger partial charge in [-0.3, -0.25) is 19.5 Å². The fourth-order valence-corrected chi connectivity index (χ4v) is 4.39. The number of nitrogens with one attached hydrogen (secondary N) is 2. The number of nitrogens with zero attached hydrogens (tertiary/aromatic N) is 3. The number of likely N-dealkylation sites (N-methyl/N-ethyl adjacent to an activating group) is 1. The third-order valence-electron chi connectivity index (χ3n) is 5.15. The average molecular weight is 534 g/mol. The Kier molecular flexibility index (Phi) is 9.86. The van der Waals surface area contributed by atoms with Gasteiger partial charge in [0.15, 0.2) is 0 Å².